The van der Waals surface area contributed by atoms with Crippen molar-refractivity contribution in [3.63, 3.8) is 0 Å². The fraction of sp³-hybridized carbons (Fsp3) is 0.357. The number of nitrogens with one attached hydrogen (secondary N) is 1. The van der Waals surface area contributed by atoms with Crippen LogP contribution in [0.25, 0.3) is 5.69 Å². The Morgan fingerprint density at radius 2 is 2.42 bits per heavy atom. The number of rotatable bonds is 4. The standard InChI is InChI=1S/C14H16ClN3O/c15-12-2-1-3-13(14(12)18-6-5-16-10-18)17-8-11-4-7-19-9-11/h1-3,5-6,10-11,17H,4,7-9H2. The molecule has 0 amide bonds. The summed E-state index contributed by atoms with van der Waals surface area (Å²) in [5.41, 5.74) is 1.97. The summed E-state index contributed by atoms with van der Waals surface area (Å²) in [5.74, 6) is 0.578. The molecular weight excluding hydrogens is 262 g/mol. The number of nitrogens with zero attached hydrogens (tertiary/aromatic N) is 2. The average molecular weight is 278 g/mol. The zero-order valence-electron chi connectivity index (χ0n) is 10.6. The third kappa shape index (κ3) is 2.74. The van der Waals surface area contributed by atoms with Gasteiger partial charge in [-0.25, -0.2) is 4.98 Å². The Kier molecular flexibility index (Phi) is 3.71. The monoisotopic (exact) mass is 277 g/mol. The van der Waals surface area contributed by atoms with Gasteiger partial charge in [-0.2, -0.15) is 0 Å². The van der Waals surface area contributed by atoms with Crippen LogP contribution in [-0.4, -0.2) is 29.3 Å². The zero-order valence-corrected chi connectivity index (χ0v) is 11.3. The molecule has 0 bridgehead atoms. The second-order valence-electron chi connectivity index (χ2n) is 4.72. The van der Waals surface area contributed by atoms with E-state index in [-0.39, 0.29) is 0 Å². The molecular formula is C14H16ClN3O. The highest BCUT2D eigenvalue weighted by atomic mass is 35.5. The Hall–Kier alpha value is -1.52. The number of hydrogen-bond acceptors (Lipinski definition) is 3. The van der Waals surface area contributed by atoms with Crippen molar-refractivity contribution in [2.75, 3.05) is 25.1 Å². The van der Waals surface area contributed by atoms with Crippen LogP contribution in [0.5, 0.6) is 0 Å². The van der Waals surface area contributed by atoms with Gasteiger partial charge in [0.1, 0.15) is 0 Å². The molecule has 2 heterocycles. The first-order valence-electron chi connectivity index (χ1n) is 6.43. The van der Waals surface area contributed by atoms with Gasteiger partial charge in [-0.15, -0.1) is 0 Å². The van der Waals surface area contributed by atoms with E-state index in [4.69, 9.17) is 16.3 Å². The maximum Gasteiger partial charge on any atom is 0.0992 e. The van der Waals surface area contributed by atoms with Crippen molar-refractivity contribution >= 4 is 17.3 Å². The van der Waals surface area contributed by atoms with Gasteiger partial charge in [0.2, 0.25) is 0 Å². The summed E-state index contributed by atoms with van der Waals surface area (Å²) in [6, 6.07) is 5.88. The predicted octanol–water partition coefficient (Wildman–Crippen LogP) is 2.97. The molecule has 1 fully saturated rings. The van der Waals surface area contributed by atoms with Crippen molar-refractivity contribution in [1.82, 2.24) is 9.55 Å². The van der Waals surface area contributed by atoms with Gasteiger partial charge >= 0.3 is 0 Å². The van der Waals surface area contributed by atoms with Crippen molar-refractivity contribution < 1.29 is 4.74 Å². The van der Waals surface area contributed by atoms with Crippen LogP contribution >= 0.6 is 11.6 Å². The van der Waals surface area contributed by atoms with Gasteiger partial charge in [-0.1, -0.05) is 17.7 Å². The quantitative estimate of drug-likeness (QED) is 0.934. The Morgan fingerprint density at radius 3 is 3.16 bits per heavy atom. The molecule has 0 saturated carbocycles. The highest BCUT2D eigenvalue weighted by Gasteiger charge is 2.16. The molecule has 1 saturated heterocycles. The lowest BCUT2D eigenvalue weighted by Gasteiger charge is -2.16. The van der Waals surface area contributed by atoms with Crippen molar-refractivity contribution in [3.8, 4) is 5.69 Å². The SMILES string of the molecule is Clc1cccc(NCC2CCOC2)c1-n1ccnc1. The Bertz CT molecular complexity index is 536. The number of anilines is 1. The maximum absolute atomic E-state index is 6.30. The minimum Gasteiger partial charge on any atom is -0.383 e. The minimum atomic E-state index is 0.578. The van der Waals surface area contributed by atoms with Gasteiger partial charge in [0, 0.05) is 31.5 Å². The lowest BCUT2D eigenvalue weighted by molar-refractivity contribution is 0.187. The average Bonchev–Trinajstić information content (AvgIpc) is 3.09. The fourth-order valence-electron chi connectivity index (χ4n) is 2.31. The number of imidazole rings is 1. The Balaban J connectivity index is 1.82. The molecule has 1 N–H and O–H groups in total. The van der Waals surface area contributed by atoms with Crippen LogP contribution in [0.3, 0.4) is 0 Å². The molecule has 1 unspecified atom stereocenters. The van der Waals surface area contributed by atoms with E-state index in [2.05, 4.69) is 10.3 Å². The molecule has 5 heteroatoms. The van der Waals surface area contributed by atoms with E-state index < -0.39 is 0 Å². The smallest absolute Gasteiger partial charge is 0.0992 e. The fourth-order valence-corrected chi connectivity index (χ4v) is 2.58. The normalized spacial score (nSPS) is 18.7. The molecule has 1 atom stereocenters. The highest BCUT2D eigenvalue weighted by Crippen LogP contribution is 2.28. The van der Waals surface area contributed by atoms with E-state index in [0.29, 0.717) is 10.9 Å². The van der Waals surface area contributed by atoms with E-state index in [0.717, 1.165) is 37.6 Å². The molecule has 1 aromatic heterocycles. The van der Waals surface area contributed by atoms with E-state index in [9.17, 15) is 0 Å². The number of hydrogen-bond donors (Lipinski definition) is 1. The first kappa shape index (κ1) is 12.5. The molecule has 1 aromatic carbocycles. The molecule has 0 spiro atoms. The summed E-state index contributed by atoms with van der Waals surface area (Å²) < 4.78 is 7.32. The van der Waals surface area contributed by atoms with Crippen LogP contribution in [-0.2, 0) is 4.74 Å². The molecule has 2 aromatic rings. The van der Waals surface area contributed by atoms with Crippen LogP contribution in [0.1, 0.15) is 6.42 Å². The number of halogens is 1. The third-order valence-electron chi connectivity index (χ3n) is 3.35. The topological polar surface area (TPSA) is 39.1 Å². The van der Waals surface area contributed by atoms with Gasteiger partial charge in [-0.05, 0) is 18.6 Å². The summed E-state index contributed by atoms with van der Waals surface area (Å²) in [4.78, 5) is 4.07. The van der Waals surface area contributed by atoms with Gasteiger partial charge in [0.05, 0.1) is 29.3 Å². The summed E-state index contributed by atoms with van der Waals surface area (Å²) in [5, 5.41) is 4.18. The molecule has 100 valence electrons. The van der Waals surface area contributed by atoms with E-state index in [1.165, 1.54) is 0 Å². The number of ether oxygens (including phenoxy) is 1. The van der Waals surface area contributed by atoms with Gasteiger partial charge in [-0.3, -0.25) is 0 Å². The maximum atomic E-state index is 6.30. The minimum absolute atomic E-state index is 0.578. The van der Waals surface area contributed by atoms with E-state index >= 15 is 0 Å². The molecule has 19 heavy (non-hydrogen) atoms. The molecule has 3 rings (SSSR count). The van der Waals surface area contributed by atoms with Crippen LogP contribution in [0, 0.1) is 5.92 Å². The van der Waals surface area contributed by atoms with Crippen molar-refractivity contribution in [2.24, 2.45) is 5.92 Å². The summed E-state index contributed by atoms with van der Waals surface area (Å²) >= 11 is 6.30. The van der Waals surface area contributed by atoms with Gasteiger partial charge in [0.15, 0.2) is 0 Å². The number of para-hydroxylation sites is 1. The summed E-state index contributed by atoms with van der Waals surface area (Å²) in [7, 11) is 0. The molecule has 1 aliphatic rings. The number of benzene rings is 1. The zero-order chi connectivity index (χ0) is 13.1. The third-order valence-corrected chi connectivity index (χ3v) is 3.66. The Morgan fingerprint density at radius 1 is 1.47 bits per heavy atom. The lowest BCUT2D eigenvalue weighted by atomic mass is 10.1. The lowest BCUT2D eigenvalue weighted by Crippen LogP contribution is -2.15. The van der Waals surface area contributed by atoms with E-state index in [1.807, 2.05) is 29.0 Å². The second kappa shape index (κ2) is 5.63. The van der Waals surface area contributed by atoms with Crippen LogP contribution in [0.2, 0.25) is 5.02 Å². The second-order valence-corrected chi connectivity index (χ2v) is 5.12. The van der Waals surface area contributed by atoms with Crippen molar-refractivity contribution in [1.29, 1.82) is 0 Å². The largest absolute Gasteiger partial charge is 0.383 e. The Labute approximate surface area is 117 Å². The van der Waals surface area contributed by atoms with Crippen LogP contribution in [0.15, 0.2) is 36.9 Å². The highest BCUT2D eigenvalue weighted by molar-refractivity contribution is 6.33. The number of aromatic nitrogens is 2. The first-order valence-corrected chi connectivity index (χ1v) is 6.81. The first-order chi connectivity index (χ1) is 9.34. The summed E-state index contributed by atoms with van der Waals surface area (Å²) in [6.45, 7) is 2.62. The van der Waals surface area contributed by atoms with Gasteiger partial charge < -0.3 is 14.6 Å². The predicted molar refractivity (Wildman–Crippen MR) is 76.0 cm³/mol. The van der Waals surface area contributed by atoms with Gasteiger partial charge in [0.25, 0.3) is 0 Å². The van der Waals surface area contributed by atoms with Crippen molar-refractivity contribution in [2.45, 2.75) is 6.42 Å². The van der Waals surface area contributed by atoms with Crippen molar-refractivity contribution in [3.05, 3.63) is 41.9 Å². The van der Waals surface area contributed by atoms with Crippen LogP contribution < -0.4 is 5.32 Å². The summed E-state index contributed by atoms with van der Waals surface area (Å²) in [6.07, 6.45) is 6.52. The van der Waals surface area contributed by atoms with E-state index in [1.54, 1.807) is 12.5 Å². The van der Waals surface area contributed by atoms with Crippen LogP contribution in [0.4, 0.5) is 5.69 Å². The molecule has 1 aliphatic heterocycles. The molecule has 4 nitrogen and oxygen atoms in total. The molecule has 0 aliphatic carbocycles. The molecule has 0 radical (unpaired) electrons.